The van der Waals surface area contributed by atoms with Crippen molar-refractivity contribution in [1.29, 1.82) is 0 Å². The first-order valence-electron chi connectivity index (χ1n) is 7.06. The van der Waals surface area contributed by atoms with Crippen LogP contribution in [0.1, 0.15) is 25.5 Å². The van der Waals surface area contributed by atoms with Crippen LogP contribution in [-0.2, 0) is 16.0 Å². The SMILES string of the molecule is C[C@H](NC(=O)Cc1cn2ccccc2n1)[C@@H]1CCCO1. The van der Waals surface area contributed by atoms with Crippen LogP contribution in [0.15, 0.2) is 30.6 Å². The Bertz CT molecular complexity index is 569. The van der Waals surface area contributed by atoms with Crippen molar-refractivity contribution in [3.05, 3.63) is 36.3 Å². The summed E-state index contributed by atoms with van der Waals surface area (Å²) in [5, 5.41) is 3.00. The second-order valence-electron chi connectivity index (χ2n) is 5.28. The number of imidazole rings is 1. The van der Waals surface area contributed by atoms with Crippen LogP contribution in [0.5, 0.6) is 0 Å². The Morgan fingerprint density at radius 1 is 1.60 bits per heavy atom. The first-order chi connectivity index (χ1) is 9.72. The third kappa shape index (κ3) is 2.82. The van der Waals surface area contributed by atoms with E-state index in [1.165, 1.54) is 0 Å². The van der Waals surface area contributed by atoms with Crippen molar-refractivity contribution in [2.75, 3.05) is 6.61 Å². The van der Waals surface area contributed by atoms with Crippen molar-refractivity contribution in [2.45, 2.75) is 38.3 Å². The lowest BCUT2D eigenvalue weighted by Gasteiger charge is -2.19. The fourth-order valence-electron chi connectivity index (χ4n) is 2.63. The number of carbonyl (C=O) groups excluding carboxylic acids is 1. The first-order valence-corrected chi connectivity index (χ1v) is 7.06. The summed E-state index contributed by atoms with van der Waals surface area (Å²) in [7, 11) is 0. The summed E-state index contributed by atoms with van der Waals surface area (Å²) in [6.45, 7) is 2.80. The second-order valence-corrected chi connectivity index (χ2v) is 5.28. The van der Waals surface area contributed by atoms with E-state index in [9.17, 15) is 4.79 Å². The molecule has 1 fully saturated rings. The Hall–Kier alpha value is -1.88. The molecule has 0 bridgehead atoms. The molecule has 3 rings (SSSR count). The Morgan fingerprint density at radius 3 is 3.25 bits per heavy atom. The highest BCUT2D eigenvalue weighted by molar-refractivity contribution is 5.78. The molecule has 0 radical (unpaired) electrons. The Labute approximate surface area is 118 Å². The van der Waals surface area contributed by atoms with E-state index in [2.05, 4.69) is 10.3 Å². The van der Waals surface area contributed by atoms with Crippen molar-refractivity contribution < 1.29 is 9.53 Å². The van der Waals surface area contributed by atoms with Gasteiger partial charge in [-0.25, -0.2) is 4.98 Å². The number of nitrogens with one attached hydrogen (secondary N) is 1. The molecule has 1 N–H and O–H groups in total. The molecular formula is C15H19N3O2. The second kappa shape index (κ2) is 5.63. The average molecular weight is 273 g/mol. The van der Waals surface area contributed by atoms with E-state index < -0.39 is 0 Å². The number of carbonyl (C=O) groups is 1. The maximum Gasteiger partial charge on any atom is 0.226 e. The minimum Gasteiger partial charge on any atom is -0.376 e. The maximum atomic E-state index is 12.0. The number of aromatic nitrogens is 2. The van der Waals surface area contributed by atoms with Crippen LogP contribution in [0.25, 0.3) is 5.65 Å². The number of nitrogens with zero attached hydrogens (tertiary/aromatic N) is 2. The van der Waals surface area contributed by atoms with Crippen molar-refractivity contribution in [2.24, 2.45) is 0 Å². The molecule has 1 amide bonds. The standard InChI is InChI=1S/C15H19N3O2/c1-11(13-5-4-8-20-13)16-15(19)9-12-10-18-7-3-2-6-14(18)17-12/h2-3,6-7,10-11,13H,4-5,8-9H2,1H3,(H,16,19)/t11-,13-/m0/s1. The largest absolute Gasteiger partial charge is 0.376 e. The van der Waals surface area contributed by atoms with Gasteiger partial charge in [0.15, 0.2) is 0 Å². The summed E-state index contributed by atoms with van der Waals surface area (Å²) >= 11 is 0. The molecule has 2 aromatic rings. The molecular weight excluding hydrogens is 254 g/mol. The first kappa shape index (κ1) is 13.1. The zero-order valence-electron chi connectivity index (χ0n) is 11.6. The fourth-order valence-corrected chi connectivity index (χ4v) is 2.63. The number of amides is 1. The summed E-state index contributed by atoms with van der Waals surface area (Å²) in [6, 6.07) is 5.86. The van der Waals surface area contributed by atoms with E-state index in [-0.39, 0.29) is 18.1 Å². The van der Waals surface area contributed by atoms with Gasteiger partial charge in [-0.15, -0.1) is 0 Å². The molecule has 5 heteroatoms. The number of ether oxygens (including phenoxy) is 1. The summed E-state index contributed by atoms with van der Waals surface area (Å²) < 4.78 is 7.50. The minimum atomic E-state index is -0.00333. The van der Waals surface area contributed by atoms with Gasteiger partial charge in [0.1, 0.15) is 5.65 Å². The average Bonchev–Trinajstić information content (AvgIpc) is 3.07. The van der Waals surface area contributed by atoms with Crippen molar-refractivity contribution in [3.8, 4) is 0 Å². The maximum absolute atomic E-state index is 12.0. The molecule has 3 heterocycles. The van der Waals surface area contributed by atoms with Crippen LogP contribution in [0.2, 0.25) is 0 Å². The molecule has 2 atom stereocenters. The molecule has 0 unspecified atom stereocenters. The van der Waals surface area contributed by atoms with Gasteiger partial charge in [0.2, 0.25) is 5.91 Å². The third-order valence-electron chi connectivity index (χ3n) is 3.67. The minimum absolute atomic E-state index is 0.00333. The van der Waals surface area contributed by atoms with Gasteiger partial charge in [0.05, 0.1) is 24.3 Å². The monoisotopic (exact) mass is 273 g/mol. The molecule has 1 aliphatic rings. The van der Waals surface area contributed by atoms with Gasteiger partial charge >= 0.3 is 0 Å². The lowest BCUT2D eigenvalue weighted by atomic mass is 10.1. The van der Waals surface area contributed by atoms with Crippen molar-refractivity contribution >= 4 is 11.6 Å². The zero-order chi connectivity index (χ0) is 13.9. The number of rotatable bonds is 4. The van der Waals surface area contributed by atoms with Crippen LogP contribution in [0.3, 0.4) is 0 Å². The van der Waals surface area contributed by atoms with Crippen LogP contribution in [0.4, 0.5) is 0 Å². The van der Waals surface area contributed by atoms with Crippen molar-refractivity contribution in [1.82, 2.24) is 14.7 Å². The molecule has 5 nitrogen and oxygen atoms in total. The Balaban J connectivity index is 1.60. The van der Waals surface area contributed by atoms with Crippen LogP contribution >= 0.6 is 0 Å². The summed E-state index contributed by atoms with van der Waals surface area (Å²) in [6.07, 6.45) is 6.39. The van der Waals surface area contributed by atoms with Crippen LogP contribution in [-0.4, -0.2) is 34.0 Å². The van der Waals surface area contributed by atoms with Gasteiger partial charge in [-0.1, -0.05) is 6.07 Å². The molecule has 106 valence electrons. The van der Waals surface area contributed by atoms with E-state index in [1.54, 1.807) is 0 Å². The lowest BCUT2D eigenvalue weighted by Crippen LogP contribution is -2.41. The van der Waals surface area contributed by atoms with Gasteiger partial charge in [-0.05, 0) is 31.9 Å². The number of pyridine rings is 1. The molecule has 0 saturated carbocycles. The lowest BCUT2D eigenvalue weighted by molar-refractivity contribution is -0.121. The van der Waals surface area contributed by atoms with E-state index in [0.29, 0.717) is 6.42 Å². The topological polar surface area (TPSA) is 55.6 Å². The van der Waals surface area contributed by atoms with Gasteiger partial charge in [-0.3, -0.25) is 4.79 Å². The zero-order valence-corrected chi connectivity index (χ0v) is 11.6. The predicted molar refractivity (Wildman–Crippen MR) is 75.5 cm³/mol. The Kier molecular flexibility index (Phi) is 3.69. The summed E-state index contributed by atoms with van der Waals surface area (Å²) in [4.78, 5) is 16.5. The highest BCUT2D eigenvalue weighted by atomic mass is 16.5. The van der Waals surface area contributed by atoms with Crippen LogP contribution < -0.4 is 5.32 Å². The number of fused-ring (bicyclic) bond motifs is 1. The highest BCUT2D eigenvalue weighted by Crippen LogP contribution is 2.15. The predicted octanol–water partition coefficient (Wildman–Crippen LogP) is 1.56. The smallest absolute Gasteiger partial charge is 0.226 e. The van der Waals surface area contributed by atoms with E-state index in [1.807, 2.05) is 41.9 Å². The molecule has 1 saturated heterocycles. The molecule has 2 aromatic heterocycles. The Morgan fingerprint density at radius 2 is 2.50 bits per heavy atom. The number of hydrogen-bond donors (Lipinski definition) is 1. The highest BCUT2D eigenvalue weighted by Gasteiger charge is 2.23. The van der Waals surface area contributed by atoms with E-state index in [4.69, 9.17) is 4.74 Å². The van der Waals surface area contributed by atoms with Crippen molar-refractivity contribution in [3.63, 3.8) is 0 Å². The normalized spacial score (nSPS) is 20.1. The summed E-state index contributed by atoms with van der Waals surface area (Å²) in [5.74, 6) is -0.00333. The van der Waals surface area contributed by atoms with Gasteiger partial charge in [0.25, 0.3) is 0 Å². The third-order valence-corrected chi connectivity index (χ3v) is 3.67. The molecule has 0 aromatic carbocycles. The molecule has 1 aliphatic heterocycles. The van der Waals surface area contributed by atoms with Crippen LogP contribution in [0, 0.1) is 0 Å². The van der Waals surface area contributed by atoms with Gasteiger partial charge < -0.3 is 14.5 Å². The van der Waals surface area contributed by atoms with E-state index in [0.717, 1.165) is 30.8 Å². The van der Waals surface area contributed by atoms with Gasteiger partial charge in [-0.2, -0.15) is 0 Å². The quantitative estimate of drug-likeness (QED) is 0.919. The number of hydrogen-bond acceptors (Lipinski definition) is 3. The summed E-state index contributed by atoms with van der Waals surface area (Å²) in [5.41, 5.74) is 1.65. The fraction of sp³-hybridized carbons (Fsp3) is 0.467. The molecule has 20 heavy (non-hydrogen) atoms. The van der Waals surface area contributed by atoms with Gasteiger partial charge in [0, 0.05) is 19.0 Å². The van der Waals surface area contributed by atoms with E-state index >= 15 is 0 Å². The molecule has 0 spiro atoms. The molecule has 0 aliphatic carbocycles.